The lowest BCUT2D eigenvalue weighted by molar-refractivity contribution is -0.137. The molecule has 0 atom stereocenters. The van der Waals surface area contributed by atoms with Crippen LogP contribution in [0.25, 0.3) is 5.57 Å². The molecule has 2 aliphatic heterocycles. The highest BCUT2D eigenvalue weighted by Crippen LogP contribution is 2.44. The highest BCUT2D eigenvalue weighted by Gasteiger charge is 2.52. The quantitative estimate of drug-likeness (QED) is 0.181. The molecule has 0 N–H and O–H groups in total. The number of hydrogen-bond acceptors (Lipinski definition) is 4. The van der Waals surface area contributed by atoms with E-state index in [-0.39, 0.29) is 25.3 Å². The van der Waals surface area contributed by atoms with Gasteiger partial charge in [0, 0.05) is 5.56 Å². The second kappa shape index (κ2) is 9.04. The molecular formula is C25H21Cl2F4NO4. The van der Waals surface area contributed by atoms with Crippen LogP contribution < -0.4 is 0 Å². The lowest BCUT2D eigenvalue weighted by Gasteiger charge is -2.47. The molecule has 2 heterocycles. The number of carbonyl (C=O) groups excluding carboxylic acids is 2. The summed E-state index contributed by atoms with van der Waals surface area (Å²) >= 11 is 11.3. The van der Waals surface area contributed by atoms with Gasteiger partial charge in [0.05, 0.1) is 35.3 Å². The Labute approximate surface area is 214 Å². The van der Waals surface area contributed by atoms with Crippen LogP contribution in [0.4, 0.5) is 22.4 Å². The van der Waals surface area contributed by atoms with Gasteiger partial charge in [0.1, 0.15) is 11.2 Å². The second-order valence-corrected chi connectivity index (χ2v) is 10.5. The number of amides is 1. The van der Waals surface area contributed by atoms with Crippen LogP contribution in [0.3, 0.4) is 0 Å². The normalized spacial score (nSPS) is 17.1. The molecule has 2 aromatic carbocycles. The zero-order valence-electron chi connectivity index (χ0n) is 19.4. The standard InChI is InChI=1S/C25H21Cl2F4NO4/c1-23(2,3)36-22(34)32-11-24(12-32)16-5-4-13(6-15(16)10-35-24)20(33)9-17(25(29,30)31)14-7-18(26)21(28)19(27)8-14/h4-9H,10-12H2,1-3H3/b17-9+. The molecule has 1 fully saturated rings. The maximum atomic E-state index is 13.8. The largest absolute Gasteiger partial charge is 0.444 e. The zero-order chi connectivity index (χ0) is 26.6. The van der Waals surface area contributed by atoms with E-state index in [4.69, 9.17) is 32.7 Å². The van der Waals surface area contributed by atoms with Gasteiger partial charge in [0.25, 0.3) is 0 Å². The van der Waals surface area contributed by atoms with Gasteiger partial charge in [-0.25, -0.2) is 9.18 Å². The number of halogens is 6. The Hall–Kier alpha value is -2.62. The third-order valence-corrected chi connectivity index (χ3v) is 6.35. The van der Waals surface area contributed by atoms with Crippen molar-refractivity contribution >= 4 is 40.7 Å². The molecule has 2 aromatic rings. The Bertz CT molecular complexity index is 1250. The molecule has 192 valence electrons. The van der Waals surface area contributed by atoms with E-state index in [1.165, 1.54) is 17.0 Å². The van der Waals surface area contributed by atoms with E-state index in [1.54, 1.807) is 26.8 Å². The van der Waals surface area contributed by atoms with Crippen LogP contribution in [0.5, 0.6) is 0 Å². The number of ether oxygens (including phenoxy) is 2. The van der Waals surface area contributed by atoms with Gasteiger partial charge in [-0.3, -0.25) is 4.79 Å². The minimum Gasteiger partial charge on any atom is -0.444 e. The van der Waals surface area contributed by atoms with Crippen LogP contribution >= 0.6 is 23.2 Å². The first kappa shape index (κ1) is 26.4. The van der Waals surface area contributed by atoms with Gasteiger partial charge in [0.2, 0.25) is 0 Å². The minimum atomic E-state index is -4.93. The topological polar surface area (TPSA) is 55.8 Å². The number of alkyl halides is 3. The SMILES string of the molecule is CC(C)(C)OC(=O)N1CC2(C1)OCc1cc(C(=O)/C=C(\c3cc(Cl)c(F)c(Cl)c3)C(F)(F)F)ccc12. The number of allylic oxidation sites excluding steroid dienone is 2. The fourth-order valence-electron chi connectivity index (χ4n) is 4.15. The van der Waals surface area contributed by atoms with Gasteiger partial charge in [-0.15, -0.1) is 0 Å². The van der Waals surface area contributed by atoms with Crippen molar-refractivity contribution in [2.45, 2.75) is 44.8 Å². The molecule has 0 bridgehead atoms. The fraction of sp³-hybridized carbons (Fsp3) is 0.360. The molecule has 0 aliphatic carbocycles. The molecule has 4 rings (SSSR count). The number of hydrogen-bond donors (Lipinski definition) is 0. The van der Waals surface area contributed by atoms with E-state index < -0.39 is 56.3 Å². The monoisotopic (exact) mass is 545 g/mol. The van der Waals surface area contributed by atoms with Gasteiger partial charge in [0.15, 0.2) is 11.6 Å². The van der Waals surface area contributed by atoms with Crippen LogP contribution in [-0.4, -0.2) is 41.6 Å². The van der Waals surface area contributed by atoms with Crippen molar-refractivity contribution in [2.75, 3.05) is 13.1 Å². The summed E-state index contributed by atoms with van der Waals surface area (Å²) in [6.07, 6.45) is -4.97. The number of benzene rings is 2. The first-order valence-electron chi connectivity index (χ1n) is 10.8. The van der Waals surface area contributed by atoms with Gasteiger partial charge >= 0.3 is 12.3 Å². The molecule has 11 heteroatoms. The molecule has 0 saturated carbocycles. The lowest BCUT2D eigenvalue weighted by Crippen LogP contribution is -2.61. The third-order valence-electron chi connectivity index (χ3n) is 5.80. The molecular weight excluding hydrogens is 525 g/mol. The van der Waals surface area contributed by atoms with E-state index >= 15 is 0 Å². The number of rotatable bonds is 3. The Morgan fingerprint density at radius 1 is 1.06 bits per heavy atom. The van der Waals surface area contributed by atoms with Crippen LogP contribution in [0, 0.1) is 5.82 Å². The molecule has 0 unspecified atom stereocenters. The number of likely N-dealkylation sites (tertiary alicyclic amines) is 1. The number of carbonyl (C=O) groups is 2. The summed E-state index contributed by atoms with van der Waals surface area (Å²) < 4.78 is 66.2. The summed E-state index contributed by atoms with van der Waals surface area (Å²) in [5, 5.41) is -1.19. The van der Waals surface area contributed by atoms with Crippen molar-refractivity contribution in [1.29, 1.82) is 0 Å². The summed E-state index contributed by atoms with van der Waals surface area (Å²) in [6.45, 7) is 5.94. The highest BCUT2D eigenvalue weighted by molar-refractivity contribution is 6.35. The summed E-state index contributed by atoms with van der Waals surface area (Å²) in [4.78, 5) is 26.6. The number of nitrogens with zero attached hydrogens (tertiary/aromatic N) is 1. The van der Waals surface area contributed by atoms with Crippen molar-refractivity contribution in [3.05, 3.63) is 74.5 Å². The van der Waals surface area contributed by atoms with Crippen molar-refractivity contribution < 1.29 is 36.6 Å². The van der Waals surface area contributed by atoms with Crippen molar-refractivity contribution in [3.63, 3.8) is 0 Å². The molecule has 5 nitrogen and oxygen atoms in total. The smallest absolute Gasteiger partial charge is 0.417 e. The van der Waals surface area contributed by atoms with Crippen molar-refractivity contribution in [2.24, 2.45) is 0 Å². The van der Waals surface area contributed by atoms with Gasteiger partial charge < -0.3 is 14.4 Å². The average molecular weight is 546 g/mol. The molecule has 36 heavy (non-hydrogen) atoms. The molecule has 1 spiro atoms. The highest BCUT2D eigenvalue weighted by atomic mass is 35.5. The molecule has 1 amide bonds. The Morgan fingerprint density at radius 3 is 2.22 bits per heavy atom. The van der Waals surface area contributed by atoms with Crippen LogP contribution in [0.1, 0.15) is 47.8 Å². The van der Waals surface area contributed by atoms with E-state index in [0.29, 0.717) is 11.6 Å². The average Bonchev–Trinajstić information content (AvgIpc) is 3.11. The maximum Gasteiger partial charge on any atom is 0.417 e. The first-order chi connectivity index (χ1) is 16.6. The fourth-order valence-corrected chi connectivity index (χ4v) is 4.63. The second-order valence-electron chi connectivity index (χ2n) is 9.67. The molecule has 2 aliphatic rings. The van der Waals surface area contributed by atoms with Gasteiger partial charge in [-0.2, -0.15) is 13.2 Å². The van der Waals surface area contributed by atoms with Crippen LogP contribution in [0.15, 0.2) is 36.4 Å². The van der Waals surface area contributed by atoms with Gasteiger partial charge in [-0.05, 0) is 61.7 Å². The number of fused-ring (bicyclic) bond motifs is 2. The van der Waals surface area contributed by atoms with Crippen molar-refractivity contribution in [1.82, 2.24) is 4.90 Å². The molecule has 0 aromatic heterocycles. The third kappa shape index (κ3) is 5.10. The maximum absolute atomic E-state index is 13.8. The summed E-state index contributed by atoms with van der Waals surface area (Å²) in [7, 11) is 0. The lowest BCUT2D eigenvalue weighted by atomic mass is 9.84. The molecule has 0 radical (unpaired) electrons. The summed E-state index contributed by atoms with van der Waals surface area (Å²) in [5.41, 5.74) is -1.82. The van der Waals surface area contributed by atoms with Crippen LogP contribution in [0.2, 0.25) is 10.0 Å². The minimum absolute atomic E-state index is 0.0128. The number of ketones is 1. The molecule has 1 saturated heterocycles. The first-order valence-corrected chi connectivity index (χ1v) is 11.6. The Morgan fingerprint density at radius 2 is 1.67 bits per heavy atom. The predicted molar refractivity (Wildman–Crippen MR) is 125 cm³/mol. The Kier molecular flexibility index (Phi) is 6.64. The zero-order valence-corrected chi connectivity index (χ0v) is 20.9. The van der Waals surface area contributed by atoms with E-state index in [1.807, 2.05) is 0 Å². The van der Waals surface area contributed by atoms with E-state index in [2.05, 4.69) is 0 Å². The summed E-state index contributed by atoms with van der Waals surface area (Å²) in [6, 6.07) is 6.03. The summed E-state index contributed by atoms with van der Waals surface area (Å²) in [5.74, 6) is -1.96. The van der Waals surface area contributed by atoms with Crippen LogP contribution in [-0.2, 0) is 21.7 Å². The van der Waals surface area contributed by atoms with Gasteiger partial charge in [-0.1, -0.05) is 35.3 Å². The van der Waals surface area contributed by atoms with Crippen molar-refractivity contribution in [3.8, 4) is 0 Å². The Balaban J connectivity index is 1.57. The van der Waals surface area contributed by atoms with E-state index in [0.717, 1.165) is 17.7 Å². The van der Waals surface area contributed by atoms with E-state index in [9.17, 15) is 27.2 Å². The predicted octanol–water partition coefficient (Wildman–Crippen LogP) is 6.94.